The Balaban J connectivity index is 1.44. The molecule has 40 heavy (non-hydrogen) atoms. The number of ether oxygens (including phenoxy) is 1. The zero-order valence-corrected chi connectivity index (χ0v) is 23.1. The lowest BCUT2D eigenvalue weighted by Gasteiger charge is -2.37. The molecule has 2 aliphatic carbocycles. The number of nitrogens with one attached hydrogen (secondary N) is 1. The van der Waals surface area contributed by atoms with Crippen molar-refractivity contribution in [3.05, 3.63) is 87.8 Å². The number of para-hydroxylation sites is 1. The molecule has 9 heteroatoms. The van der Waals surface area contributed by atoms with Crippen LogP contribution in [0.2, 0.25) is 0 Å². The molecule has 1 fully saturated rings. The predicted molar refractivity (Wildman–Crippen MR) is 159 cm³/mol. The van der Waals surface area contributed by atoms with Crippen molar-refractivity contribution in [2.24, 2.45) is 17.2 Å². The van der Waals surface area contributed by atoms with E-state index in [9.17, 15) is 9.59 Å². The number of anilines is 1. The molecule has 2 unspecified atom stereocenters. The largest absolute Gasteiger partial charge is 0.457 e. The molecule has 0 saturated heterocycles. The average molecular weight is 556 g/mol. The number of hydrogen-bond acceptors (Lipinski definition) is 8. The molecule has 1 amide bonds. The molecule has 206 valence electrons. The summed E-state index contributed by atoms with van der Waals surface area (Å²) in [6, 6.07) is 17.1. The van der Waals surface area contributed by atoms with Crippen molar-refractivity contribution in [1.29, 1.82) is 0 Å². The van der Waals surface area contributed by atoms with Crippen LogP contribution >= 0.6 is 11.3 Å². The highest BCUT2D eigenvalue weighted by molar-refractivity contribution is 7.21. The number of rotatable bonds is 5. The molecule has 0 aliphatic heterocycles. The van der Waals surface area contributed by atoms with E-state index >= 15 is 0 Å². The number of hydrogen-bond donors (Lipinski definition) is 5. The summed E-state index contributed by atoms with van der Waals surface area (Å²) < 4.78 is 6.69. The van der Waals surface area contributed by atoms with E-state index in [1.807, 2.05) is 49.4 Å². The van der Waals surface area contributed by atoms with Gasteiger partial charge in [0.05, 0.1) is 15.6 Å². The SMILES string of the molecule is Cc1cc(Oc2ccccc2)ccc1C1(N)C(=O)C(N)c2c(C(=O)N[C@@H]3CCCC[C@@H]3N)sc3c(N)ccc1c23. The summed E-state index contributed by atoms with van der Waals surface area (Å²) >= 11 is 1.25. The first kappa shape index (κ1) is 26.5. The molecule has 9 N–H and O–H groups in total. The number of nitrogens with two attached hydrogens (primary N) is 4. The fraction of sp³-hybridized carbons (Fsp3) is 0.290. The highest BCUT2D eigenvalue weighted by atomic mass is 32.1. The molecular weight excluding hydrogens is 522 g/mol. The molecule has 1 heterocycles. The minimum atomic E-state index is -1.53. The molecule has 4 atom stereocenters. The van der Waals surface area contributed by atoms with Gasteiger partial charge in [0.25, 0.3) is 5.91 Å². The van der Waals surface area contributed by atoms with E-state index < -0.39 is 11.6 Å². The second kappa shape index (κ2) is 10.0. The van der Waals surface area contributed by atoms with E-state index in [1.165, 1.54) is 11.3 Å². The van der Waals surface area contributed by atoms with Crippen LogP contribution in [0.4, 0.5) is 5.69 Å². The maximum absolute atomic E-state index is 14.1. The average Bonchev–Trinajstić information content (AvgIpc) is 3.35. The number of ketones is 1. The highest BCUT2D eigenvalue weighted by Gasteiger charge is 2.49. The molecule has 0 radical (unpaired) electrons. The Labute approximate surface area is 236 Å². The van der Waals surface area contributed by atoms with Crippen molar-refractivity contribution in [3.8, 4) is 11.5 Å². The van der Waals surface area contributed by atoms with Crippen LogP contribution in [0.25, 0.3) is 10.1 Å². The van der Waals surface area contributed by atoms with Gasteiger partial charge in [-0.15, -0.1) is 11.3 Å². The number of carbonyl (C=O) groups is 2. The van der Waals surface area contributed by atoms with E-state index in [2.05, 4.69) is 5.32 Å². The number of nitrogen functional groups attached to an aromatic ring is 1. The van der Waals surface area contributed by atoms with Crippen molar-refractivity contribution in [2.75, 3.05) is 5.73 Å². The molecule has 4 aromatic rings. The van der Waals surface area contributed by atoms with Crippen molar-refractivity contribution in [1.82, 2.24) is 5.32 Å². The van der Waals surface area contributed by atoms with Crippen molar-refractivity contribution in [2.45, 2.75) is 56.3 Å². The zero-order valence-electron chi connectivity index (χ0n) is 22.3. The van der Waals surface area contributed by atoms with Crippen LogP contribution in [0.15, 0.2) is 60.7 Å². The fourth-order valence-corrected chi connectivity index (χ4v) is 7.37. The summed E-state index contributed by atoms with van der Waals surface area (Å²) in [5.74, 6) is 0.668. The molecule has 3 aromatic carbocycles. The van der Waals surface area contributed by atoms with Gasteiger partial charge in [0.15, 0.2) is 5.78 Å². The topological polar surface area (TPSA) is 159 Å². The van der Waals surface area contributed by atoms with Gasteiger partial charge in [-0.2, -0.15) is 0 Å². The van der Waals surface area contributed by atoms with Crippen molar-refractivity contribution in [3.63, 3.8) is 0 Å². The first-order valence-corrected chi connectivity index (χ1v) is 14.4. The van der Waals surface area contributed by atoms with Gasteiger partial charge < -0.3 is 33.0 Å². The second-order valence-electron chi connectivity index (χ2n) is 10.8. The minimum Gasteiger partial charge on any atom is -0.457 e. The number of carbonyl (C=O) groups excluding carboxylic acids is 2. The Bertz CT molecular complexity index is 1640. The summed E-state index contributed by atoms with van der Waals surface area (Å²) in [6.07, 6.45) is 3.75. The number of benzene rings is 3. The predicted octanol–water partition coefficient (Wildman–Crippen LogP) is 4.37. The molecular formula is C31H33N5O3S. The van der Waals surface area contributed by atoms with E-state index in [0.717, 1.165) is 31.2 Å². The third-order valence-corrected chi connectivity index (χ3v) is 9.51. The quantitative estimate of drug-likeness (QED) is 0.229. The van der Waals surface area contributed by atoms with Gasteiger partial charge in [-0.3, -0.25) is 9.59 Å². The first-order chi connectivity index (χ1) is 19.2. The molecule has 1 aromatic heterocycles. The van der Waals surface area contributed by atoms with Gasteiger partial charge in [-0.25, -0.2) is 0 Å². The normalized spacial score (nSPS) is 24.2. The summed E-state index contributed by atoms with van der Waals surface area (Å²) in [4.78, 5) is 28.1. The van der Waals surface area contributed by atoms with E-state index in [1.54, 1.807) is 18.2 Å². The summed E-state index contributed by atoms with van der Waals surface area (Å²) in [6.45, 7) is 1.89. The van der Waals surface area contributed by atoms with E-state index in [-0.39, 0.29) is 23.8 Å². The first-order valence-electron chi connectivity index (χ1n) is 13.5. The van der Waals surface area contributed by atoms with Crippen LogP contribution in [0, 0.1) is 6.92 Å². The van der Waals surface area contributed by atoms with Gasteiger partial charge in [0.2, 0.25) is 0 Å². The van der Waals surface area contributed by atoms with Crippen molar-refractivity contribution >= 4 is 38.8 Å². The van der Waals surface area contributed by atoms with Crippen LogP contribution in [-0.4, -0.2) is 23.8 Å². The molecule has 2 aliphatic rings. The number of aryl methyl sites for hydroxylation is 1. The Morgan fingerprint density at radius 3 is 2.45 bits per heavy atom. The maximum atomic E-state index is 14.1. The fourth-order valence-electron chi connectivity index (χ4n) is 6.17. The third-order valence-electron chi connectivity index (χ3n) is 8.26. The Morgan fingerprint density at radius 2 is 1.73 bits per heavy atom. The number of Topliss-reactive ketones (excluding diaryl/α,β-unsaturated/α-hetero) is 1. The zero-order chi connectivity index (χ0) is 28.2. The van der Waals surface area contributed by atoms with Crippen LogP contribution < -0.4 is 33.0 Å². The Hall–Kier alpha value is -3.76. The monoisotopic (exact) mass is 555 g/mol. The van der Waals surface area contributed by atoms with Gasteiger partial charge in [-0.1, -0.05) is 43.2 Å². The minimum absolute atomic E-state index is 0.104. The van der Waals surface area contributed by atoms with Crippen LogP contribution in [0.3, 0.4) is 0 Å². The molecule has 0 bridgehead atoms. The Morgan fingerprint density at radius 1 is 1.00 bits per heavy atom. The van der Waals surface area contributed by atoms with E-state index in [0.29, 0.717) is 48.8 Å². The lowest BCUT2D eigenvalue weighted by molar-refractivity contribution is -0.124. The standard InChI is InChI=1S/C31H33N5O3S/c1-16-15-18(39-17-7-3-2-4-8-17)11-12-19(16)31(35)20-13-14-22(33)27-24(20)25(26(34)29(31)37)28(40-27)30(38)36-23-10-6-5-9-21(23)32/h2-4,7-8,11-15,21,23,26H,5-6,9-10,32-35H2,1H3,(H,36,38)/t21-,23+,26?,31?/m0/s1. The third kappa shape index (κ3) is 4.17. The summed E-state index contributed by atoms with van der Waals surface area (Å²) in [5.41, 5.74) is 27.8. The lowest BCUT2D eigenvalue weighted by atomic mass is 9.69. The summed E-state index contributed by atoms with van der Waals surface area (Å²) in [7, 11) is 0. The van der Waals surface area contributed by atoms with Crippen LogP contribution in [0.1, 0.15) is 63.7 Å². The molecule has 0 spiro atoms. The van der Waals surface area contributed by atoms with Crippen LogP contribution in [0.5, 0.6) is 11.5 Å². The van der Waals surface area contributed by atoms with Crippen LogP contribution in [-0.2, 0) is 10.3 Å². The molecule has 8 nitrogen and oxygen atoms in total. The number of amides is 1. The molecule has 1 saturated carbocycles. The summed E-state index contributed by atoms with van der Waals surface area (Å²) in [5, 5.41) is 3.78. The van der Waals surface area contributed by atoms with E-state index in [4.69, 9.17) is 27.7 Å². The van der Waals surface area contributed by atoms with Gasteiger partial charge in [0.1, 0.15) is 17.0 Å². The van der Waals surface area contributed by atoms with Gasteiger partial charge in [-0.05, 0) is 66.8 Å². The molecule has 6 rings (SSSR count). The highest BCUT2D eigenvalue weighted by Crippen LogP contribution is 2.50. The van der Waals surface area contributed by atoms with Gasteiger partial charge >= 0.3 is 0 Å². The van der Waals surface area contributed by atoms with Crippen molar-refractivity contribution < 1.29 is 14.3 Å². The van der Waals surface area contributed by atoms with Gasteiger partial charge in [0, 0.05) is 28.7 Å². The second-order valence-corrected chi connectivity index (χ2v) is 11.8. The lowest BCUT2D eigenvalue weighted by Crippen LogP contribution is -2.53. The number of thiophene rings is 1. The smallest absolute Gasteiger partial charge is 0.262 e. The maximum Gasteiger partial charge on any atom is 0.262 e. The Kier molecular flexibility index (Phi) is 6.62.